The first-order valence-electron chi connectivity index (χ1n) is 40.5. The van der Waals surface area contributed by atoms with Gasteiger partial charge in [0.2, 0.25) is 65.0 Å². The first-order chi connectivity index (χ1) is 56.6. The van der Waals surface area contributed by atoms with Gasteiger partial charge in [-0.2, -0.15) is 0 Å². The number of aliphatic hydroxyl groups is 1. The number of ether oxygens (including phenoxy) is 2. The van der Waals surface area contributed by atoms with Gasteiger partial charge in [-0.1, -0.05) is 68.5 Å². The average molecular weight is 1640 g/mol. The highest BCUT2D eigenvalue weighted by Gasteiger charge is 2.42. The molecular weight excluding hydrogens is 1530 g/mol. The number of alkyl carbamates (subject to hydrolysis) is 2. The van der Waals surface area contributed by atoms with E-state index in [-0.39, 0.29) is 171 Å². The normalized spacial score (nSPS) is 22.1. The van der Waals surface area contributed by atoms with E-state index in [1.807, 2.05) is 62.4 Å². The number of nitro groups is 1. The lowest BCUT2D eigenvalue weighted by molar-refractivity contribution is -0.384. The van der Waals surface area contributed by atoms with Crippen LogP contribution in [0.2, 0.25) is 0 Å². The average Bonchev–Trinajstić information content (AvgIpc) is 1.62. The molecule has 2 aliphatic carbocycles. The van der Waals surface area contributed by atoms with E-state index in [4.69, 9.17) is 9.47 Å². The molecule has 640 valence electrons. The Bertz CT molecular complexity index is 4140. The number of non-ortho nitro benzene ring substituents is 1. The van der Waals surface area contributed by atoms with E-state index in [9.17, 15) is 82.8 Å². The van der Waals surface area contributed by atoms with Crippen molar-refractivity contribution in [2.45, 2.75) is 217 Å². The molecule has 0 unspecified atom stereocenters. The molecule has 3 aliphatic heterocycles. The summed E-state index contributed by atoms with van der Waals surface area (Å²) in [6.45, 7) is 9.95. The molecule has 3 aromatic carbocycles. The van der Waals surface area contributed by atoms with Gasteiger partial charge in [-0.25, -0.2) is 15.1 Å². The molecule has 36 heteroatoms. The van der Waals surface area contributed by atoms with Crippen molar-refractivity contribution in [3.63, 3.8) is 0 Å². The Morgan fingerprint density at radius 2 is 1.09 bits per heavy atom. The summed E-state index contributed by atoms with van der Waals surface area (Å²) in [6.07, 6.45) is 2.00. The lowest BCUT2D eigenvalue weighted by Crippen LogP contribution is -2.59. The van der Waals surface area contributed by atoms with Gasteiger partial charge in [-0.3, -0.25) is 77.8 Å². The van der Waals surface area contributed by atoms with Crippen LogP contribution in [-0.4, -0.2) is 228 Å². The van der Waals surface area contributed by atoms with Gasteiger partial charge < -0.3 is 82.9 Å². The van der Waals surface area contributed by atoms with Gasteiger partial charge in [0.05, 0.1) is 23.6 Å². The van der Waals surface area contributed by atoms with Crippen molar-refractivity contribution in [2.24, 2.45) is 10.4 Å². The number of carbonyl (C=O) groups excluding carboxylic acids is 14. The highest BCUT2D eigenvalue weighted by atomic mass is 16.6. The number of fused-ring (bicyclic) bond motifs is 5. The number of allylic oxidation sites excluding steroid dienone is 2. The number of nitrogens with zero attached hydrogens (tertiary/aromatic N) is 4. The Balaban J connectivity index is 1.03. The van der Waals surface area contributed by atoms with E-state index in [2.05, 4.69) is 70.1 Å². The van der Waals surface area contributed by atoms with Crippen LogP contribution < -0.4 is 64.0 Å². The molecule has 3 saturated heterocycles. The van der Waals surface area contributed by atoms with Crippen molar-refractivity contribution in [3.8, 4) is 11.1 Å². The minimum Gasteiger partial charge on any atom is -0.511 e. The number of nitro benzene ring substituents is 1. The number of aliphatic hydroxyl groups excluding tert-OH is 1. The van der Waals surface area contributed by atoms with Crippen LogP contribution in [0.5, 0.6) is 0 Å². The summed E-state index contributed by atoms with van der Waals surface area (Å²) in [7, 11) is 0. The fourth-order valence-electron chi connectivity index (χ4n) is 15.1. The number of hydrogen-bond acceptors (Lipinski definition) is 22. The van der Waals surface area contributed by atoms with Gasteiger partial charge in [-0.05, 0) is 175 Å². The first kappa shape index (κ1) is 91.8. The van der Waals surface area contributed by atoms with E-state index in [0.29, 0.717) is 43.6 Å². The molecule has 3 fully saturated rings. The van der Waals surface area contributed by atoms with E-state index in [1.165, 1.54) is 46.5 Å². The molecule has 0 spiro atoms. The zero-order chi connectivity index (χ0) is 85.4. The Morgan fingerprint density at radius 3 is 1.62 bits per heavy atom. The van der Waals surface area contributed by atoms with E-state index >= 15 is 4.79 Å². The highest BCUT2D eigenvalue weighted by Crippen LogP contribution is 2.45. The lowest BCUT2D eigenvalue weighted by atomic mass is 9.76. The van der Waals surface area contributed by atoms with Crippen molar-refractivity contribution in [3.05, 3.63) is 124 Å². The van der Waals surface area contributed by atoms with Crippen molar-refractivity contribution in [1.82, 2.24) is 73.8 Å². The minimum atomic E-state index is -1.71. The zero-order valence-corrected chi connectivity index (χ0v) is 67.4. The third kappa shape index (κ3) is 27.5. The number of amides is 13. The maximum Gasteiger partial charge on any atom is 0.407 e. The highest BCUT2D eigenvalue weighted by molar-refractivity contribution is 6.22. The number of aliphatic imine (C=N–C) groups is 1. The Hall–Kier alpha value is -11.7. The van der Waals surface area contributed by atoms with Crippen molar-refractivity contribution in [1.29, 1.82) is 0 Å². The topological polar surface area (TPSA) is 504 Å². The Labute approximate surface area is 684 Å². The molecule has 3 aromatic rings. The fraction of sp³-hybridized carbons (Fsp3) is 0.549. The summed E-state index contributed by atoms with van der Waals surface area (Å²) in [4.78, 5) is 215. The molecule has 0 radical (unpaired) electrons. The summed E-state index contributed by atoms with van der Waals surface area (Å²) >= 11 is 0. The van der Waals surface area contributed by atoms with Gasteiger partial charge in [0.1, 0.15) is 67.3 Å². The molecule has 0 bridgehead atoms. The molecule has 118 heavy (non-hydrogen) atoms. The number of hydrogen-bond donors (Lipinski definition) is 14. The van der Waals surface area contributed by atoms with Gasteiger partial charge in [0.15, 0.2) is 5.78 Å². The second-order valence-electron chi connectivity index (χ2n) is 30.9. The quantitative estimate of drug-likeness (QED) is 0.0108. The standard InChI is InChI=1S/C82H112N16O20/c1-6-37-83-38-15-11-25-59-73(105)89-51(3)72(104)93-62(27-14-18-41-86-81(113)118-49-58-56-23-9-7-21-54(56)55-22-8-10-24-57(55)58)78(110)96-42-19-29-64(96)76(108)88-47-70(103)91-60(26-12-17-40-85-80(112)117-48-52-31-33-53(34-32-52)98(115)116)74(106)92-61(35-36-68(101)95-114)75(107)94-63(79(111)97-43-20-30-65(97)77(109)87-46-69(102)90-59)28-13-16-39-84-50(2)71-66(99)44-82(4,5)45-67(71)100/h6-10,21-24,31-34,51,58-65,83,99,114H,1,11-20,25-30,35-49H2,2-5H3,(H,85,112)(H,86,113)(H,87,109)(H,88,108)(H,89,105)(H,90,102)(H,91,103)(H,92,106)(H,93,104)(H,94,107)(H,95,101)/t51-,59-,60-,61-,62-,63-,64-,65-/m0/s1. The maximum atomic E-state index is 15.1. The van der Waals surface area contributed by atoms with Crippen molar-refractivity contribution >= 4 is 94.3 Å². The molecule has 14 N–H and O–H groups in total. The number of nitrogens with one attached hydrogen (secondary N) is 12. The number of rotatable bonds is 31. The molecule has 8 rings (SSSR count). The van der Waals surface area contributed by atoms with Gasteiger partial charge in [0, 0.05) is 82.3 Å². The van der Waals surface area contributed by atoms with Crippen LogP contribution in [-0.2, 0) is 73.6 Å². The van der Waals surface area contributed by atoms with Gasteiger partial charge in [0.25, 0.3) is 5.69 Å². The Morgan fingerprint density at radius 1 is 0.610 bits per heavy atom. The van der Waals surface area contributed by atoms with Crippen LogP contribution in [0.1, 0.15) is 179 Å². The largest absolute Gasteiger partial charge is 0.511 e. The van der Waals surface area contributed by atoms with Crippen LogP contribution >= 0.6 is 0 Å². The predicted octanol–water partition coefficient (Wildman–Crippen LogP) is 3.92. The third-order valence-corrected chi connectivity index (χ3v) is 21.3. The molecule has 8 atom stereocenters. The van der Waals surface area contributed by atoms with Crippen LogP contribution in [0.4, 0.5) is 15.3 Å². The third-order valence-electron chi connectivity index (χ3n) is 21.3. The van der Waals surface area contributed by atoms with Crippen molar-refractivity contribution in [2.75, 3.05) is 65.5 Å². The van der Waals surface area contributed by atoms with Gasteiger partial charge in [-0.15, -0.1) is 6.58 Å². The van der Waals surface area contributed by atoms with Crippen LogP contribution in [0.25, 0.3) is 11.1 Å². The number of Topliss-reactive ketones (excluding diaryl/α,β-unsaturated/α-hetero) is 1. The number of ketones is 1. The maximum absolute atomic E-state index is 15.1. The number of unbranched alkanes of at least 4 members (excludes halogenated alkanes) is 4. The van der Waals surface area contributed by atoms with Crippen molar-refractivity contribution < 1.29 is 91.8 Å². The summed E-state index contributed by atoms with van der Waals surface area (Å²) in [5.41, 5.74) is 5.88. The van der Waals surface area contributed by atoms with E-state index in [0.717, 1.165) is 22.3 Å². The molecule has 3 heterocycles. The summed E-state index contributed by atoms with van der Waals surface area (Å²) in [5.74, 6) is -9.97. The molecule has 0 aromatic heterocycles. The summed E-state index contributed by atoms with van der Waals surface area (Å²) in [6, 6.07) is 9.99. The van der Waals surface area contributed by atoms with Crippen LogP contribution in [0.3, 0.4) is 0 Å². The predicted molar refractivity (Wildman–Crippen MR) is 430 cm³/mol. The molecule has 36 nitrogen and oxygen atoms in total. The zero-order valence-electron chi connectivity index (χ0n) is 67.4. The second-order valence-corrected chi connectivity index (χ2v) is 30.9. The molecule has 13 amide bonds. The SMILES string of the molecule is C=CCNCCCC[C@@H]1NC(=O)CNC(=O)[C@@H]2CCCN2C(=O)[C@H](CCCCN=C(C)C2=C(O)CC(C)(C)CC2=O)NC(=O)[C@H](CCC(=O)NO)NC(=O)[C@H](CCCCNC(=O)OCc2ccc([N+](=O)[O-])cc2)NC(=O)CNC(=O)[C@@H]2CCCN2C(=O)[C@H](CCCCNC(=O)OCC2c3ccccc3-c3ccccc32)NC(=O)[C@H](C)NC1=O. The lowest BCUT2D eigenvalue weighted by Gasteiger charge is -2.30. The van der Waals surface area contributed by atoms with Gasteiger partial charge >= 0.3 is 12.2 Å². The smallest absolute Gasteiger partial charge is 0.407 e. The minimum absolute atomic E-state index is 0.00730. The van der Waals surface area contributed by atoms with E-state index in [1.54, 1.807) is 13.0 Å². The molecule has 0 saturated carbocycles. The second kappa shape index (κ2) is 45.7. The monoisotopic (exact) mass is 1640 g/mol. The number of benzene rings is 3. The molecule has 5 aliphatic rings. The number of hydroxylamine groups is 1. The first-order valence-corrected chi connectivity index (χ1v) is 40.5. The summed E-state index contributed by atoms with van der Waals surface area (Å²) < 4.78 is 11.0. The Kier molecular flexibility index (Phi) is 35.6. The van der Waals surface area contributed by atoms with Crippen LogP contribution in [0, 0.1) is 15.5 Å². The summed E-state index contributed by atoms with van der Waals surface area (Å²) in [5, 5.41) is 61.3. The number of carbonyl (C=O) groups is 14. The van der Waals surface area contributed by atoms with E-state index < -0.39 is 162 Å². The van der Waals surface area contributed by atoms with Crippen LogP contribution in [0.15, 0.2) is 102 Å². The fourth-order valence-corrected chi connectivity index (χ4v) is 15.1. The molecular formula is C82H112N16O20.